The number of halogens is 1. The van der Waals surface area contributed by atoms with Crippen LogP contribution in [0.4, 0.5) is 0 Å². The molecule has 1 amide bonds. The molecular weight excluding hydrogens is 192 g/mol. The molecule has 72 valence electrons. The van der Waals surface area contributed by atoms with Crippen LogP contribution in [0, 0.1) is 0 Å². The third-order valence-electron chi connectivity index (χ3n) is 1.56. The van der Waals surface area contributed by atoms with Crippen molar-refractivity contribution < 1.29 is 9.90 Å². The molecule has 1 heterocycles. The number of aliphatic hydroxyl groups excluding tert-OH is 1. The maximum absolute atomic E-state index is 11.3. The molecule has 0 radical (unpaired) electrons. The highest BCUT2D eigenvalue weighted by Crippen LogP contribution is 2.09. The van der Waals surface area contributed by atoms with E-state index in [4.69, 9.17) is 16.9 Å². The molecule has 0 spiro atoms. The Hall–Kier alpha value is -1.00. The van der Waals surface area contributed by atoms with Crippen LogP contribution in [0.3, 0.4) is 0 Å². The summed E-state index contributed by atoms with van der Waals surface area (Å²) < 4.78 is 1.40. The van der Waals surface area contributed by atoms with Gasteiger partial charge in [0.05, 0.1) is 13.2 Å². The van der Waals surface area contributed by atoms with E-state index in [-0.39, 0.29) is 19.1 Å². The second-order valence-corrected chi connectivity index (χ2v) is 3.00. The van der Waals surface area contributed by atoms with Crippen LogP contribution >= 0.6 is 11.8 Å². The summed E-state index contributed by atoms with van der Waals surface area (Å²) in [6, 6.07) is 0. The predicted octanol–water partition coefficient (Wildman–Crippen LogP) is 0.00440. The lowest BCUT2D eigenvalue weighted by atomic mass is 10.2. The molecule has 0 aliphatic carbocycles. The molecule has 1 aliphatic rings. The molecule has 13 heavy (non-hydrogen) atoms. The van der Waals surface area contributed by atoms with Crippen LogP contribution in [0.25, 0.3) is 0 Å². The highest BCUT2D eigenvalue weighted by Gasteiger charge is 2.12. The van der Waals surface area contributed by atoms with Gasteiger partial charge in [0, 0.05) is 30.1 Å². The average molecular weight is 203 g/mol. The van der Waals surface area contributed by atoms with Crippen molar-refractivity contribution in [3.63, 3.8) is 0 Å². The van der Waals surface area contributed by atoms with Crippen LogP contribution in [0.15, 0.2) is 23.9 Å². The molecule has 0 bridgehead atoms. The average Bonchev–Trinajstić information content (AvgIpc) is 2.14. The molecule has 5 heteroatoms. The monoisotopic (exact) mass is 202 g/mol. The van der Waals surface area contributed by atoms with Crippen LogP contribution in [-0.4, -0.2) is 35.1 Å². The lowest BCUT2D eigenvalue weighted by Crippen LogP contribution is -2.31. The summed E-state index contributed by atoms with van der Waals surface area (Å²) in [5.41, 5.74) is 0.589. The number of amides is 1. The van der Waals surface area contributed by atoms with Gasteiger partial charge in [-0.3, -0.25) is 9.21 Å². The van der Waals surface area contributed by atoms with Gasteiger partial charge in [-0.15, -0.1) is 0 Å². The minimum atomic E-state index is -0.191. The first-order valence-electron chi connectivity index (χ1n) is 3.93. The Kier molecular flexibility index (Phi) is 3.79. The third-order valence-corrected chi connectivity index (χ3v) is 1.79. The SMILES string of the molecule is O=C(NCCO)C1=CC=CN(Cl)C1. The van der Waals surface area contributed by atoms with Gasteiger partial charge in [-0.2, -0.15) is 0 Å². The summed E-state index contributed by atoms with van der Waals surface area (Å²) in [4.78, 5) is 11.3. The summed E-state index contributed by atoms with van der Waals surface area (Å²) in [5, 5.41) is 11.0. The van der Waals surface area contributed by atoms with Crippen LogP contribution in [0.2, 0.25) is 0 Å². The summed E-state index contributed by atoms with van der Waals surface area (Å²) in [6.45, 7) is 0.594. The molecule has 0 fully saturated rings. The fourth-order valence-electron chi connectivity index (χ4n) is 0.951. The molecular formula is C8H11ClN2O2. The normalized spacial score (nSPS) is 15.5. The summed E-state index contributed by atoms with van der Waals surface area (Å²) in [6.07, 6.45) is 5.07. The van der Waals surface area contributed by atoms with E-state index in [0.29, 0.717) is 12.1 Å². The van der Waals surface area contributed by atoms with Crippen molar-refractivity contribution in [2.45, 2.75) is 0 Å². The third kappa shape index (κ3) is 3.08. The first kappa shape index (κ1) is 10.1. The summed E-state index contributed by atoms with van der Waals surface area (Å²) in [5.74, 6) is -0.191. The van der Waals surface area contributed by atoms with Crippen LogP contribution in [-0.2, 0) is 4.79 Å². The Balaban J connectivity index is 2.47. The van der Waals surface area contributed by atoms with E-state index in [0.717, 1.165) is 0 Å². The van der Waals surface area contributed by atoms with E-state index >= 15 is 0 Å². The Morgan fingerprint density at radius 2 is 2.54 bits per heavy atom. The molecule has 0 saturated carbocycles. The van der Waals surface area contributed by atoms with Crippen molar-refractivity contribution in [1.82, 2.24) is 9.74 Å². The van der Waals surface area contributed by atoms with Gasteiger partial charge in [-0.1, -0.05) is 6.08 Å². The number of allylic oxidation sites excluding steroid dienone is 2. The number of nitrogens with zero attached hydrogens (tertiary/aromatic N) is 1. The van der Waals surface area contributed by atoms with Gasteiger partial charge in [0.2, 0.25) is 5.91 Å². The minimum Gasteiger partial charge on any atom is -0.395 e. The molecule has 2 N–H and O–H groups in total. The van der Waals surface area contributed by atoms with E-state index in [1.165, 1.54) is 4.42 Å². The lowest BCUT2D eigenvalue weighted by molar-refractivity contribution is -0.117. The van der Waals surface area contributed by atoms with E-state index in [9.17, 15) is 4.79 Å². The van der Waals surface area contributed by atoms with Gasteiger partial charge in [0.15, 0.2) is 0 Å². The number of carbonyl (C=O) groups is 1. The molecule has 0 unspecified atom stereocenters. The second-order valence-electron chi connectivity index (χ2n) is 2.57. The minimum absolute atomic E-state index is 0.0561. The van der Waals surface area contributed by atoms with Gasteiger partial charge in [-0.05, 0) is 6.08 Å². The highest BCUT2D eigenvalue weighted by atomic mass is 35.5. The zero-order valence-corrected chi connectivity index (χ0v) is 7.79. The number of hydrogen-bond acceptors (Lipinski definition) is 3. The Labute approximate surface area is 81.6 Å². The second kappa shape index (κ2) is 4.89. The van der Waals surface area contributed by atoms with Crippen LogP contribution in [0.5, 0.6) is 0 Å². The van der Waals surface area contributed by atoms with Crippen molar-refractivity contribution >= 4 is 17.7 Å². The number of hydrogen-bond donors (Lipinski definition) is 2. The summed E-state index contributed by atoms with van der Waals surface area (Å²) in [7, 11) is 0. The van der Waals surface area contributed by atoms with Gasteiger partial charge >= 0.3 is 0 Å². The van der Waals surface area contributed by atoms with Crippen molar-refractivity contribution in [1.29, 1.82) is 0 Å². The fourth-order valence-corrected chi connectivity index (χ4v) is 1.14. The number of aliphatic hydroxyl groups is 1. The van der Waals surface area contributed by atoms with Gasteiger partial charge < -0.3 is 10.4 Å². The first-order chi connectivity index (χ1) is 6.24. The van der Waals surface area contributed by atoms with Gasteiger partial charge in [-0.25, -0.2) is 0 Å². The maximum Gasteiger partial charge on any atom is 0.249 e. The van der Waals surface area contributed by atoms with Crippen LogP contribution < -0.4 is 5.32 Å². The molecule has 0 aromatic rings. The molecule has 4 nitrogen and oxygen atoms in total. The Bertz CT molecular complexity index is 251. The van der Waals surface area contributed by atoms with Crippen molar-refractivity contribution in [2.75, 3.05) is 19.7 Å². The van der Waals surface area contributed by atoms with E-state index < -0.39 is 0 Å². The maximum atomic E-state index is 11.3. The largest absolute Gasteiger partial charge is 0.395 e. The van der Waals surface area contributed by atoms with Crippen molar-refractivity contribution in [3.8, 4) is 0 Å². The number of rotatable bonds is 3. The van der Waals surface area contributed by atoms with Crippen LogP contribution in [0.1, 0.15) is 0 Å². The molecule has 1 aliphatic heterocycles. The summed E-state index contributed by atoms with van der Waals surface area (Å²) >= 11 is 5.67. The number of nitrogens with one attached hydrogen (secondary N) is 1. The number of carbonyl (C=O) groups excluding carboxylic acids is 1. The molecule has 0 atom stereocenters. The van der Waals surface area contributed by atoms with E-state index in [2.05, 4.69) is 5.32 Å². The van der Waals surface area contributed by atoms with Gasteiger partial charge in [0.25, 0.3) is 0 Å². The first-order valence-corrected chi connectivity index (χ1v) is 4.26. The zero-order chi connectivity index (χ0) is 9.68. The zero-order valence-electron chi connectivity index (χ0n) is 7.03. The van der Waals surface area contributed by atoms with Crippen molar-refractivity contribution in [2.24, 2.45) is 0 Å². The molecule has 1 rings (SSSR count). The Morgan fingerprint density at radius 3 is 3.15 bits per heavy atom. The fraction of sp³-hybridized carbons (Fsp3) is 0.375. The van der Waals surface area contributed by atoms with Crippen molar-refractivity contribution in [3.05, 3.63) is 23.9 Å². The lowest BCUT2D eigenvalue weighted by Gasteiger charge is -2.16. The smallest absolute Gasteiger partial charge is 0.249 e. The van der Waals surface area contributed by atoms with Gasteiger partial charge in [0.1, 0.15) is 0 Å². The standard InChI is InChI=1S/C8H11ClN2O2/c9-11-4-1-2-7(6-11)8(13)10-3-5-12/h1-2,4,12H,3,5-6H2,(H,10,13). The van der Waals surface area contributed by atoms with E-state index in [1.54, 1.807) is 18.4 Å². The Morgan fingerprint density at radius 1 is 1.77 bits per heavy atom. The topological polar surface area (TPSA) is 52.6 Å². The molecule has 0 aromatic heterocycles. The highest BCUT2D eigenvalue weighted by molar-refractivity contribution is 6.14. The van der Waals surface area contributed by atoms with E-state index in [1.807, 2.05) is 0 Å². The predicted molar refractivity (Wildman–Crippen MR) is 49.9 cm³/mol. The molecule has 0 aromatic carbocycles. The quantitative estimate of drug-likeness (QED) is 0.634. The molecule has 0 saturated heterocycles.